The molecule has 0 saturated heterocycles. The van der Waals surface area contributed by atoms with E-state index in [0.717, 1.165) is 22.3 Å². The van der Waals surface area contributed by atoms with E-state index in [9.17, 15) is 4.79 Å². The molecule has 0 fully saturated rings. The molecular formula is C21H12Cl2O. The van der Waals surface area contributed by atoms with Crippen molar-refractivity contribution in [2.24, 2.45) is 0 Å². The van der Waals surface area contributed by atoms with Gasteiger partial charge >= 0.3 is 0 Å². The molecule has 1 aliphatic carbocycles. The monoisotopic (exact) mass is 350 g/mol. The summed E-state index contributed by atoms with van der Waals surface area (Å²) in [6, 6.07) is 20.9. The van der Waals surface area contributed by atoms with Crippen molar-refractivity contribution in [3.63, 3.8) is 0 Å². The second-order valence-corrected chi connectivity index (χ2v) is 6.44. The molecule has 3 heteroatoms. The minimum atomic E-state index is -0.0849. The quantitative estimate of drug-likeness (QED) is 0.403. The molecule has 1 aliphatic rings. The number of hydrogen-bond donors (Lipinski definition) is 0. The van der Waals surface area contributed by atoms with Gasteiger partial charge in [-0.1, -0.05) is 77.8 Å². The topological polar surface area (TPSA) is 17.1 Å². The Morgan fingerprint density at radius 1 is 0.667 bits per heavy atom. The van der Waals surface area contributed by atoms with Crippen LogP contribution < -0.4 is 0 Å². The van der Waals surface area contributed by atoms with Crippen LogP contribution in [0.2, 0.25) is 10.0 Å². The lowest BCUT2D eigenvalue weighted by molar-refractivity contribution is 0.103. The van der Waals surface area contributed by atoms with Gasteiger partial charge in [0.15, 0.2) is 5.78 Å². The van der Waals surface area contributed by atoms with E-state index >= 15 is 0 Å². The van der Waals surface area contributed by atoms with Crippen LogP contribution in [0.4, 0.5) is 0 Å². The van der Waals surface area contributed by atoms with Gasteiger partial charge in [0.25, 0.3) is 0 Å². The van der Waals surface area contributed by atoms with Crippen LogP contribution in [0.5, 0.6) is 0 Å². The van der Waals surface area contributed by atoms with E-state index in [4.69, 9.17) is 23.2 Å². The Labute approximate surface area is 150 Å². The Morgan fingerprint density at radius 3 is 2.00 bits per heavy atom. The molecule has 0 bridgehead atoms. The van der Waals surface area contributed by atoms with Gasteiger partial charge in [-0.25, -0.2) is 0 Å². The summed E-state index contributed by atoms with van der Waals surface area (Å²) in [6.07, 6.45) is 2.05. The van der Waals surface area contributed by atoms with Crippen LogP contribution in [0.1, 0.15) is 32.6 Å². The van der Waals surface area contributed by atoms with Gasteiger partial charge in [-0.3, -0.25) is 4.79 Å². The highest BCUT2D eigenvalue weighted by Gasteiger charge is 2.30. The molecule has 0 amide bonds. The number of hydrogen-bond acceptors (Lipinski definition) is 1. The first-order valence-electron chi connectivity index (χ1n) is 7.56. The van der Waals surface area contributed by atoms with E-state index in [1.165, 1.54) is 0 Å². The SMILES string of the molecule is O=C1c2cccc(Cl)c2/C(=C\c2ccccc2)c2cccc(Cl)c21. The molecule has 0 radical (unpaired) electrons. The van der Waals surface area contributed by atoms with Crippen molar-refractivity contribution >= 4 is 40.6 Å². The first-order valence-corrected chi connectivity index (χ1v) is 8.31. The number of carbonyl (C=O) groups is 1. The maximum atomic E-state index is 12.9. The van der Waals surface area contributed by atoms with E-state index in [1.54, 1.807) is 18.2 Å². The van der Waals surface area contributed by atoms with Crippen molar-refractivity contribution in [3.8, 4) is 0 Å². The van der Waals surface area contributed by atoms with Crippen molar-refractivity contribution < 1.29 is 4.79 Å². The van der Waals surface area contributed by atoms with Crippen LogP contribution in [-0.4, -0.2) is 5.78 Å². The highest BCUT2D eigenvalue weighted by atomic mass is 35.5. The van der Waals surface area contributed by atoms with E-state index in [2.05, 4.69) is 0 Å². The highest BCUT2D eigenvalue weighted by molar-refractivity contribution is 6.39. The second-order valence-electron chi connectivity index (χ2n) is 5.62. The summed E-state index contributed by atoms with van der Waals surface area (Å²) in [5.74, 6) is -0.0849. The fourth-order valence-electron chi connectivity index (χ4n) is 3.10. The zero-order valence-corrected chi connectivity index (χ0v) is 14.1. The Kier molecular flexibility index (Phi) is 3.76. The summed E-state index contributed by atoms with van der Waals surface area (Å²) in [6.45, 7) is 0. The van der Waals surface area contributed by atoms with Gasteiger partial charge in [-0.2, -0.15) is 0 Å². The average molecular weight is 351 g/mol. The molecule has 0 heterocycles. The van der Waals surface area contributed by atoms with E-state index in [-0.39, 0.29) is 5.78 Å². The molecular weight excluding hydrogens is 339 g/mol. The molecule has 0 spiro atoms. The van der Waals surface area contributed by atoms with Crippen molar-refractivity contribution in [1.29, 1.82) is 0 Å². The largest absolute Gasteiger partial charge is 0.289 e. The molecule has 0 aliphatic heterocycles. The van der Waals surface area contributed by atoms with Gasteiger partial charge in [0.05, 0.1) is 5.02 Å². The molecule has 116 valence electrons. The van der Waals surface area contributed by atoms with Crippen LogP contribution in [0, 0.1) is 0 Å². The second kappa shape index (κ2) is 5.94. The van der Waals surface area contributed by atoms with Crippen LogP contribution in [0.25, 0.3) is 11.6 Å². The van der Waals surface area contributed by atoms with Gasteiger partial charge < -0.3 is 0 Å². The summed E-state index contributed by atoms with van der Waals surface area (Å²) >= 11 is 12.8. The first kappa shape index (κ1) is 15.2. The molecule has 3 aromatic carbocycles. The Bertz CT molecular complexity index is 988. The molecule has 4 rings (SSSR count). The molecule has 0 aromatic heterocycles. The summed E-state index contributed by atoms with van der Waals surface area (Å²) in [4.78, 5) is 12.9. The number of fused-ring (bicyclic) bond motifs is 2. The third kappa shape index (κ3) is 2.37. The zero-order chi connectivity index (χ0) is 16.7. The zero-order valence-electron chi connectivity index (χ0n) is 12.6. The molecule has 3 aromatic rings. The lowest BCUT2D eigenvalue weighted by Crippen LogP contribution is -2.15. The van der Waals surface area contributed by atoms with E-state index in [1.807, 2.05) is 54.6 Å². The van der Waals surface area contributed by atoms with Crippen molar-refractivity contribution in [1.82, 2.24) is 0 Å². The fraction of sp³-hybridized carbons (Fsp3) is 0. The van der Waals surface area contributed by atoms with E-state index < -0.39 is 0 Å². The van der Waals surface area contributed by atoms with Crippen LogP contribution >= 0.6 is 23.2 Å². The number of carbonyl (C=O) groups excluding carboxylic acids is 1. The molecule has 1 nitrogen and oxygen atoms in total. The number of benzene rings is 3. The minimum Gasteiger partial charge on any atom is -0.289 e. The van der Waals surface area contributed by atoms with Gasteiger partial charge in [0, 0.05) is 21.7 Å². The summed E-state index contributed by atoms with van der Waals surface area (Å²) < 4.78 is 0. The van der Waals surface area contributed by atoms with Crippen LogP contribution in [-0.2, 0) is 0 Å². The summed E-state index contributed by atoms with van der Waals surface area (Å²) in [5, 5.41) is 1.02. The Hall–Kier alpha value is -2.35. The Balaban J connectivity index is 2.08. The van der Waals surface area contributed by atoms with Crippen molar-refractivity contribution in [2.75, 3.05) is 0 Å². The first-order chi connectivity index (χ1) is 11.7. The molecule has 24 heavy (non-hydrogen) atoms. The number of ketones is 1. The lowest BCUT2D eigenvalue weighted by atomic mass is 9.80. The number of rotatable bonds is 1. The van der Waals surface area contributed by atoms with Crippen molar-refractivity contribution in [2.45, 2.75) is 0 Å². The summed E-state index contributed by atoms with van der Waals surface area (Å²) in [7, 11) is 0. The minimum absolute atomic E-state index is 0.0849. The van der Waals surface area contributed by atoms with Gasteiger partial charge in [0.1, 0.15) is 0 Å². The fourth-order valence-corrected chi connectivity index (χ4v) is 3.64. The third-order valence-corrected chi connectivity index (χ3v) is 4.80. The standard InChI is InChI=1S/C21H12Cl2O/c22-17-10-5-9-15-19(17)16(12-13-6-2-1-3-7-13)14-8-4-11-18(23)20(14)21(15)24/h1-12H/b16-12-. The smallest absolute Gasteiger partial charge is 0.195 e. The highest BCUT2D eigenvalue weighted by Crippen LogP contribution is 2.42. The molecule has 0 unspecified atom stereocenters. The van der Waals surface area contributed by atoms with E-state index in [0.29, 0.717) is 21.2 Å². The molecule has 0 N–H and O–H groups in total. The van der Waals surface area contributed by atoms with Crippen LogP contribution in [0.15, 0.2) is 66.7 Å². The third-order valence-electron chi connectivity index (χ3n) is 4.17. The number of halogens is 2. The van der Waals surface area contributed by atoms with Gasteiger partial charge in [0.2, 0.25) is 0 Å². The van der Waals surface area contributed by atoms with Crippen molar-refractivity contribution in [3.05, 3.63) is 105 Å². The molecule has 0 atom stereocenters. The predicted octanol–water partition coefficient (Wildman–Crippen LogP) is 6.13. The summed E-state index contributed by atoms with van der Waals surface area (Å²) in [5.41, 5.74) is 4.67. The molecule has 0 saturated carbocycles. The van der Waals surface area contributed by atoms with Gasteiger partial charge in [-0.05, 0) is 34.9 Å². The lowest BCUT2D eigenvalue weighted by Gasteiger charge is -2.23. The normalized spacial score (nSPS) is 14.4. The average Bonchev–Trinajstić information content (AvgIpc) is 2.59. The van der Waals surface area contributed by atoms with Gasteiger partial charge in [-0.15, -0.1) is 0 Å². The maximum Gasteiger partial charge on any atom is 0.195 e. The maximum absolute atomic E-state index is 12.9. The predicted molar refractivity (Wildman–Crippen MR) is 99.8 cm³/mol. The van der Waals surface area contributed by atoms with Crippen LogP contribution in [0.3, 0.4) is 0 Å². The Morgan fingerprint density at radius 2 is 1.29 bits per heavy atom.